The fourth-order valence-electron chi connectivity index (χ4n) is 2.75. The Morgan fingerprint density at radius 3 is 1.07 bits per heavy atom. The third-order valence-electron chi connectivity index (χ3n) is 3.96. The van der Waals surface area contributed by atoms with E-state index in [1.165, 1.54) is 77.0 Å². The van der Waals surface area contributed by atoms with Gasteiger partial charge in [0, 0.05) is 0 Å². The minimum Gasteiger partial charge on any atom is -0.0599 e. The molecule has 0 nitrogen and oxygen atoms in total. The maximum absolute atomic E-state index is 2.46. The summed E-state index contributed by atoms with van der Waals surface area (Å²) in [5, 5.41) is 0. The molecule has 0 unspecified atom stereocenters. The van der Waals surface area contributed by atoms with Crippen LogP contribution in [0.1, 0.15) is 90.9 Å². The van der Waals surface area contributed by atoms with E-state index in [9.17, 15) is 0 Å². The minimum absolute atomic E-state index is 0.619. The maximum Gasteiger partial charge on any atom is -0.0354 e. The summed E-state index contributed by atoms with van der Waals surface area (Å²) in [5.74, 6) is 0. The predicted octanol–water partition coefficient (Wildman–Crippen LogP) is 5.71. The summed E-state index contributed by atoms with van der Waals surface area (Å²) in [4.78, 5) is 0. The van der Waals surface area contributed by atoms with Crippen LogP contribution < -0.4 is 0 Å². The average molecular weight is 210 g/mol. The van der Waals surface area contributed by atoms with E-state index in [-0.39, 0.29) is 0 Å². The van der Waals surface area contributed by atoms with E-state index in [0.717, 1.165) is 0 Å². The van der Waals surface area contributed by atoms with Crippen LogP contribution in [0.4, 0.5) is 0 Å². The van der Waals surface area contributed by atoms with E-state index in [2.05, 4.69) is 13.8 Å². The molecule has 0 bridgehead atoms. The zero-order valence-electron chi connectivity index (χ0n) is 11.0. The Hall–Kier alpha value is 0. The van der Waals surface area contributed by atoms with Gasteiger partial charge in [-0.2, -0.15) is 0 Å². The molecule has 1 rings (SSSR count). The second kappa shape index (κ2) is 7.30. The molecule has 0 saturated heterocycles. The fourth-order valence-corrected chi connectivity index (χ4v) is 2.75. The van der Waals surface area contributed by atoms with Gasteiger partial charge < -0.3 is 0 Å². The Bertz CT molecular complexity index is 130. The standard InChI is InChI=1S/C15H30/c1-15(2)13-11-9-7-5-3-4-6-8-10-12-14-15/h3-14H2,1-2H3. The smallest absolute Gasteiger partial charge is 0.0354 e. The van der Waals surface area contributed by atoms with Crippen molar-refractivity contribution in [3.8, 4) is 0 Å². The van der Waals surface area contributed by atoms with Crippen molar-refractivity contribution in [3.63, 3.8) is 0 Å². The van der Waals surface area contributed by atoms with Crippen LogP contribution in [-0.2, 0) is 0 Å². The Morgan fingerprint density at radius 2 is 0.733 bits per heavy atom. The van der Waals surface area contributed by atoms with E-state index in [1.54, 1.807) is 0 Å². The lowest BCUT2D eigenvalue weighted by atomic mass is 9.82. The fraction of sp³-hybridized carbons (Fsp3) is 1.00. The number of hydrogen-bond donors (Lipinski definition) is 0. The molecule has 15 heavy (non-hydrogen) atoms. The molecule has 1 aliphatic carbocycles. The second-order valence-electron chi connectivity index (χ2n) is 6.20. The molecule has 0 heteroatoms. The summed E-state index contributed by atoms with van der Waals surface area (Å²) >= 11 is 0. The van der Waals surface area contributed by atoms with Crippen LogP contribution in [-0.4, -0.2) is 0 Å². The van der Waals surface area contributed by atoms with E-state index >= 15 is 0 Å². The molecular formula is C15H30. The van der Waals surface area contributed by atoms with Crippen molar-refractivity contribution < 1.29 is 0 Å². The first kappa shape index (κ1) is 13.1. The zero-order valence-corrected chi connectivity index (χ0v) is 11.0. The van der Waals surface area contributed by atoms with Crippen LogP contribution in [0.5, 0.6) is 0 Å². The molecular weight excluding hydrogens is 180 g/mol. The van der Waals surface area contributed by atoms with Gasteiger partial charge >= 0.3 is 0 Å². The molecule has 0 aromatic heterocycles. The van der Waals surface area contributed by atoms with Gasteiger partial charge in [-0.05, 0) is 18.3 Å². The van der Waals surface area contributed by atoms with Crippen LogP contribution in [0.25, 0.3) is 0 Å². The summed E-state index contributed by atoms with van der Waals surface area (Å²) < 4.78 is 0. The maximum atomic E-state index is 2.46. The highest BCUT2D eigenvalue weighted by Gasteiger charge is 2.16. The van der Waals surface area contributed by atoms with Crippen molar-refractivity contribution >= 4 is 0 Å². The molecule has 0 aliphatic heterocycles. The van der Waals surface area contributed by atoms with Crippen molar-refractivity contribution in [1.82, 2.24) is 0 Å². The first-order chi connectivity index (χ1) is 7.21. The van der Waals surface area contributed by atoms with Crippen molar-refractivity contribution in [2.24, 2.45) is 5.41 Å². The summed E-state index contributed by atoms with van der Waals surface area (Å²) in [6.45, 7) is 4.93. The van der Waals surface area contributed by atoms with Crippen molar-refractivity contribution in [2.75, 3.05) is 0 Å². The van der Waals surface area contributed by atoms with Crippen molar-refractivity contribution in [2.45, 2.75) is 90.9 Å². The van der Waals surface area contributed by atoms with Gasteiger partial charge in [0.25, 0.3) is 0 Å². The molecule has 0 radical (unpaired) electrons. The molecule has 90 valence electrons. The number of rotatable bonds is 0. The largest absolute Gasteiger partial charge is 0.0599 e. The zero-order chi connectivity index (χ0) is 11.0. The molecule has 1 aliphatic rings. The van der Waals surface area contributed by atoms with Gasteiger partial charge in [0.05, 0.1) is 0 Å². The monoisotopic (exact) mass is 210 g/mol. The van der Waals surface area contributed by atoms with Crippen LogP contribution >= 0.6 is 0 Å². The lowest BCUT2D eigenvalue weighted by molar-refractivity contribution is 0.283. The first-order valence-corrected chi connectivity index (χ1v) is 7.21. The normalized spacial score (nSPS) is 26.0. The minimum atomic E-state index is 0.619. The predicted molar refractivity (Wildman–Crippen MR) is 69.2 cm³/mol. The van der Waals surface area contributed by atoms with Gasteiger partial charge in [-0.15, -0.1) is 0 Å². The summed E-state index contributed by atoms with van der Waals surface area (Å²) in [5.41, 5.74) is 0.619. The Balaban J connectivity index is 2.24. The summed E-state index contributed by atoms with van der Waals surface area (Å²) in [6, 6.07) is 0. The SMILES string of the molecule is CC1(C)CCCCCCCCCCCC1. The first-order valence-electron chi connectivity index (χ1n) is 7.21. The van der Waals surface area contributed by atoms with Crippen LogP contribution in [0.3, 0.4) is 0 Å². The Kier molecular flexibility index (Phi) is 6.36. The molecule has 0 aromatic rings. The van der Waals surface area contributed by atoms with Crippen LogP contribution in [0.2, 0.25) is 0 Å². The second-order valence-corrected chi connectivity index (χ2v) is 6.20. The van der Waals surface area contributed by atoms with Gasteiger partial charge in [-0.3, -0.25) is 0 Å². The third-order valence-corrected chi connectivity index (χ3v) is 3.96. The van der Waals surface area contributed by atoms with Crippen molar-refractivity contribution in [3.05, 3.63) is 0 Å². The Morgan fingerprint density at radius 1 is 0.467 bits per heavy atom. The van der Waals surface area contributed by atoms with Gasteiger partial charge in [0.15, 0.2) is 0 Å². The van der Waals surface area contributed by atoms with Crippen LogP contribution in [0, 0.1) is 5.41 Å². The van der Waals surface area contributed by atoms with Gasteiger partial charge in [0.2, 0.25) is 0 Å². The number of hydrogen-bond acceptors (Lipinski definition) is 0. The van der Waals surface area contributed by atoms with Gasteiger partial charge in [-0.25, -0.2) is 0 Å². The van der Waals surface area contributed by atoms with Crippen LogP contribution in [0.15, 0.2) is 0 Å². The van der Waals surface area contributed by atoms with E-state index < -0.39 is 0 Å². The highest BCUT2D eigenvalue weighted by molar-refractivity contribution is 4.69. The molecule has 0 N–H and O–H groups in total. The summed E-state index contributed by atoms with van der Waals surface area (Å²) in [7, 11) is 0. The Labute approximate surface area is 96.8 Å². The highest BCUT2D eigenvalue weighted by atomic mass is 14.2. The molecule has 0 amide bonds. The third kappa shape index (κ3) is 6.98. The topological polar surface area (TPSA) is 0 Å². The summed E-state index contributed by atoms with van der Waals surface area (Å²) in [6.07, 6.45) is 17.7. The molecule has 0 atom stereocenters. The molecule has 0 aromatic carbocycles. The molecule has 0 heterocycles. The molecule has 1 fully saturated rings. The molecule has 0 spiro atoms. The molecule has 1 saturated carbocycles. The van der Waals surface area contributed by atoms with E-state index in [4.69, 9.17) is 0 Å². The van der Waals surface area contributed by atoms with Crippen molar-refractivity contribution in [1.29, 1.82) is 0 Å². The van der Waals surface area contributed by atoms with Gasteiger partial charge in [0.1, 0.15) is 0 Å². The van der Waals surface area contributed by atoms with E-state index in [0.29, 0.717) is 5.41 Å². The highest BCUT2D eigenvalue weighted by Crippen LogP contribution is 2.30. The van der Waals surface area contributed by atoms with Gasteiger partial charge in [-0.1, -0.05) is 78.1 Å². The lowest BCUT2D eigenvalue weighted by Crippen LogP contribution is -2.10. The lowest BCUT2D eigenvalue weighted by Gasteiger charge is -2.24. The quantitative estimate of drug-likeness (QED) is 0.480. The van der Waals surface area contributed by atoms with E-state index in [1.807, 2.05) is 0 Å². The average Bonchev–Trinajstić information content (AvgIpc) is 2.20.